The lowest BCUT2D eigenvalue weighted by Gasteiger charge is -2.44. The maximum atomic E-state index is 15.0. The number of amides is 1. The van der Waals surface area contributed by atoms with Gasteiger partial charge in [0.25, 0.3) is 12.0 Å². The summed E-state index contributed by atoms with van der Waals surface area (Å²) in [6.07, 6.45) is 1.67. The van der Waals surface area contributed by atoms with Crippen molar-refractivity contribution in [1.29, 1.82) is 0 Å². The van der Waals surface area contributed by atoms with Gasteiger partial charge >= 0.3 is 0 Å². The summed E-state index contributed by atoms with van der Waals surface area (Å²) in [6.45, 7) is 2.99. The van der Waals surface area contributed by atoms with Gasteiger partial charge < -0.3 is 19.9 Å². The zero-order valence-corrected chi connectivity index (χ0v) is 24.6. The molecule has 6 rings (SSSR count). The maximum Gasteiger partial charge on any atom is 0.266 e. The average Bonchev–Trinajstić information content (AvgIpc) is 3.80. The SMILES string of the molecule is CN1CCN(c2nc(-c3ccc(C(=O)NC(C=O)(C4CCCC4)N4CC(C=C(F)F)C5OCC(=O)C54)cc3)c(F)s2)CC1. The molecule has 4 aliphatic rings. The van der Waals surface area contributed by atoms with E-state index in [0.29, 0.717) is 29.8 Å². The number of piperazine rings is 1. The Morgan fingerprint density at radius 2 is 1.84 bits per heavy atom. The van der Waals surface area contributed by atoms with Crippen molar-refractivity contribution in [2.75, 3.05) is 51.3 Å². The number of benzene rings is 1. The smallest absolute Gasteiger partial charge is 0.266 e. The minimum Gasteiger partial charge on any atom is -0.368 e. The number of aromatic nitrogens is 1. The molecule has 230 valence electrons. The molecule has 1 aromatic carbocycles. The number of ether oxygens (including phenoxy) is 1. The number of anilines is 1. The quantitative estimate of drug-likeness (QED) is 0.450. The third kappa shape index (κ3) is 5.63. The van der Waals surface area contributed by atoms with Crippen LogP contribution in [0, 0.1) is 17.0 Å². The van der Waals surface area contributed by atoms with E-state index in [-0.39, 0.29) is 36.1 Å². The van der Waals surface area contributed by atoms with Crippen LogP contribution in [0.25, 0.3) is 11.3 Å². The predicted octanol–water partition coefficient (Wildman–Crippen LogP) is 3.56. The van der Waals surface area contributed by atoms with E-state index >= 15 is 0 Å². The van der Waals surface area contributed by atoms with E-state index in [1.165, 1.54) is 0 Å². The van der Waals surface area contributed by atoms with Crippen molar-refractivity contribution < 1.29 is 32.3 Å². The fourth-order valence-electron chi connectivity index (χ4n) is 6.99. The predicted molar refractivity (Wildman–Crippen MR) is 154 cm³/mol. The monoisotopic (exact) mass is 617 g/mol. The summed E-state index contributed by atoms with van der Waals surface area (Å²) in [7, 11) is 2.04. The summed E-state index contributed by atoms with van der Waals surface area (Å²) < 4.78 is 47.2. The molecule has 1 aromatic heterocycles. The second-order valence-electron chi connectivity index (χ2n) is 11.8. The number of halogens is 3. The van der Waals surface area contributed by atoms with E-state index in [4.69, 9.17) is 4.74 Å². The normalized spacial score (nSPS) is 26.4. The Morgan fingerprint density at radius 3 is 2.49 bits per heavy atom. The van der Waals surface area contributed by atoms with Gasteiger partial charge in [0.1, 0.15) is 18.3 Å². The molecule has 2 aromatic rings. The lowest BCUT2D eigenvalue weighted by Crippen LogP contribution is -2.68. The maximum absolute atomic E-state index is 15.0. The third-order valence-corrected chi connectivity index (χ3v) is 10.2. The number of nitrogens with zero attached hydrogens (tertiary/aromatic N) is 4. The van der Waals surface area contributed by atoms with Gasteiger partial charge in [-0.2, -0.15) is 13.2 Å². The van der Waals surface area contributed by atoms with E-state index in [1.807, 2.05) is 7.05 Å². The Hall–Kier alpha value is -3.13. The molecule has 1 saturated carbocycles. The van der Waals surface area contributed by atoms with Gasteiger partial charge in [0.15, 0.2) is 22.9 Å². The zero-order valence-electron chi connectivity index (χ0n) is 23.8. The molecule has 9 nitrogen and oxygen atoms in total. The number of carbonyl (C=O) groups is 3. The molecular weight excluding hydrogens is 583 g/mol. The number of carbonyl (C=O) groups excluding carboxylic acids is 3. The van der Waals surface area contributed by atoms with Crippen LogP contribution in [0.15, 0.2) is 36.4 Å². The molecule has 1 N–H and O–H groups in total. The van der Waals surface area contributed by atoms with Gasteiger partial charge in [-0.05, 0) is 38.1 Å². The van der Waals surface area contributed by atoms with Crippen LogP contribution in [-0.2, 0) is 14.3 Å². The topological polar surface area (TPSA) is 95.1 Å². The Bertz CT molecular complexity index is 1400. The molecule has 4 atom stereocenters. The summed E-state index contributed by atoms with van der Waals surface area (Å²) in [5, 5.41) is 3.12. The first-order valence-electron chi connectivity index (χ1n) is 14.6. The number of hydrogen-bond acceptors (Lipinski definition) is 9. The van der Waals surface area contributed by atoms with Crippen LogP contribution in [0.5, 0.6) is 0 Å². The highest BCUT2D eigenvalue weighted by Crippen LogP contribution is 2.43. The number of likely N-dealkylation sites (tertiary alicyclic amines) is 1. The Labute approximate surface area is 251 Å². The number of rotatable bonds is 8. The molecular formula is C30H34F3N5O4S. The molecule has 1 amide bonds. The molecule has 3 saturated heterocycles. The molecule has 4 unspecified atom stereocenters. The highest BCUT2D eigenvalue weighted by atomic mass is 32.1. The fraction of sp³-hybridized carbons (Fsp3) is 0.533. The van der Waals surface area contributed by atoms with Crippen LogP contribution < -0.4 is 10.2 Å². The highest BCUT2D eigenvalue weighted by molar-refractivity contribution is 7.14. The first kappa shape index (κ1) is 29.9. The number of thiazole rings is 1. The van der Waals surface area contributed by atoms with Crippen LogP contribution >= 0.6 is 11.3 Å². The van der Waals surface area contributed by atoms with Crippen molar-refractivity contribution in [3.8, 4) is 11.3 Å². The summed E-state index contributed by atoms with van der Waals surface area (Å²) in [5.41, 5.74) is -0.617. The van der Waals surface area contributed by atoms with Crippen LogP contribution in [0.3, 0.4) is 0 Å². The van der Waals surface area contributed by atoms with E-state index in [9.17, 15) is 27.6 Å². The standard InChI is InChI=1S/C30H34F3N5O4S/c1-36-10-12-37(13-11-36)29-34-24(27(33)43-29)18-6-8-19(9-7-18)28(41)35-30(17-39,21-4-2-3-5-21)38-15-20(14-23(31)32)26-25(38)22(40)16-42-26/h6-9,14,17,20-21,25-26H,2-5,10-13,15-16H2,1H3,(H,35,41). The molecule has 0 spiro atoms. The van der Waals surface area contributed by atoms with Crippen molar-refractivity contribution in [2.45, 2.75) is 43.5 Å². The van der Waals surface area contributed by atoms with E-state index < -0.39 is 40.8 Å². The van der Waals surface area contributed by atoms with Gasteiger partial charge in [-0.1, -0.05) is 36.3 Å². The van der Waals surface area contributed by atoms with E-state index in [2.05, 4.69) is 20.1 Å². The van der Waals surface area contributed by atoms with Crippen molar-refractivity contribution in [3.63, 3.8) is 0 Å². The Morgan fingerprint density at radius 1 is 1.14 bits per heavy atom. The number of hydrogen-bond donors (Lipinski definition) is 1. The summed E-state index contributed by atoms with van der Waals surface area (Å²) >= 11 is 0.995. The van der Waals surface area contributed by atoms with Gasteiger partial charge in [0.2, 0.25) is 5.13 Å². The van der Waals surface area contributed by atoms with E-state index in [1.54, 1.807) is 29.2 Å². The minimum atomic E-state index is -1.89. The van der Waals surface area contributed by atoms with Gasteiger partial charge in [-0.15, -0.1) is 0 Å². The molecule has 1 aliphatic carbocycles. The van der Waals surface area contributed by atoms with E-state index in [0.717, 1.165) is 56.4 Å². The van der Waals surface area contributed by atoms with Crippen molar-refractivity contribution in [2.24, 2.45) is 11.8 Å². The largest absolute Gasteiger partial charge is 0.368 e. The van der Waals surface area contributed by atoms with Gasteiger partial charge in [-0.3, -0.25) is 19.3 Å². The summed E-state index contributed by atoms with van der Waals surface area (Å²) in [6, 6.07) is 5.40. The molecule has 13 heteroatoms. The lowest BCUT2D eigenvalue weighted by molar-refractivity contribution is -0.131. The van der Waals surface area contributed by atoms with Gasteiger partial charge in [-0.25, -0.2) is 4.98 Å². The Kier molecular flexibility index (Phi) is 8.42. The fourth-order valence-corrected chi connectivity index (χ4v) is 7.85. The van der Waals surface area contributed by atoms with Crippen molar-refractivity contribution >= 4 is 34.4 Å². The van der Waals surface area contributed by atoms with Crippen LogP contribution in [0.1, 0.15) is 36.0 Å². The first-order valence-corrected chi connectivity index (χ1v) is 15.4. The summed E-state index contributed by atoms with van der Waals surface area (Å²) in [4.78, 5) is 50.0. The molecule has 0 radical (unpaired) electrons. The second-order valence-corrected chi connectivity index (χ2v) is 12.8. The number of aldehydes is 1. The number of fused-ring (bicyclic) bond motifs is 1. The number of likely N-dealkylation sites (N-methyl/N-ethyl adjacent to an activating group) is 1. The lowest BCUT2D eigenvalue weighted by atomic mass is 9.88. The molecule has 4 heterocycles. The molecule has 0 bridgehead atoms. The minimum absolute atomic E-state index is 0.0361. The summed E-state index contributed by atoms with van der Waals surface area (Å²) in [5.74, 6) is -1.97. The van der Waals surface area contributed by atoms with Crippen LogP contribution in [-0.4, -0.2) is 96.9 Å². The van der Waals surface area contributed by atoms with Gasteiger partial charge in [0, 0.05) is 55.7 Å². The Balaban J connectivity index is 1.25. The van der Waals surface area contributed by atoms with Crippen molar-refractivity contribution in [1.82, 2.24) is 20.1 Å². The van der Waals surface area contributed by atoms with Crippen LogP contribution in [0.4, 0.5) is 18.3 Å². The second kappa shape index (κ2) is 12.1. The molecule has 3 aliphatic heterocycles. The number of nitrogens with one attached hydrogen (secondary N) is 1. The van der Waals surface area contributed by atoms with Gasteiger partial charge in [0.05, 0.1) is 6.10 Å². The molecule has 4 fully saturated rings. The average molecular weight is 618 g/mol. The number of Topliss-reactive ketones (excluding diaryl/α,β-unsaturated/α-hetero) is 1. The van der Waals surface area contributed by atoms with Crippen LogP contribution in [0.2, 0.25) is 0 Å². The number of ketones is 1. The van der Waals surface area contributed by atoms with Crippen molar-refractivity contribution in [3.05, 3.63) is 47.1 Å². The molecule has 43 heavy (non-hydrogen) atoms. The third-order valence-electron chi connectivity index (χ3n) is 9.28. The zero-order chi connectivity index (χ0) is 30.3. The first-order chi connectivity index (χ1) is 20.7. The highest BCUT2D eigenvalue weighted by Gasteiger charge is 2.59.